The molecule has 0 bridgehead atoms. The Morgan fingerprint density at radius 1 is 0.674 bits per heavy atom. The fraction of sp³-hybridized carbons (Fsp3) is 0.565. The lowest BCUT2D eigenvalue weighted by Gasteiger charge is -2.20. The molecule has 0 aliphatic carbocycles. The van der Waals surface area contributed by atoms with Gasteiger partial charge in [0.25, 0.3) is 0 Å². The molecule has 6 rings (SSSR count). The molecule has 8 atom stereocenters. The lowest BCUT2D eigenvalue weighted by Crippen LogP contribution is -2.33. The summed E-state index contributed by atoms with van der Waals surface area (Å²) in [5.41, 5.74) is 13.0. The SMILES string of the molecule is Nc1ncnc2c1nc(NCCCNc1nc3c(N)ncnc3n1[C@@H]1O[C@@H](CO)[C@@H](O)[C@H]1O)n2[C@@H]1O[C@@H](CO)[C@@H](O)[C@H]1O. The molecule has 0 saturated carbocycles. The molecule has 12 N–H and O–H groups in total. The number of anilines is 4. The molecule has 2 aliphatic heterocycles. The van der Waals surface area contributed by atoms with Crippen LogP contribution in [0.15, 0.2) is 12.7 Å². The molecule has 20 nitrogen and oxygen atoms in total. The van der Waals surface area contributed by atoms with E-state index in [0.717, 1.165) is 0 Å². The van der Waals surface area contributed by atoms with Crippen LogP contribution in [0.1, 0.15) is 18.9 Å². The molecule has 0 radical (unpaired) electrons. The molecule has 0 spiro atoms. The summed E-state index contributed by atoms with van der Waals surface area (Å²) in [4.78, 5) is 25.3. The van der Waals surface area contributed by atoms with E-state index in [-0.39, 0.29) is 45.9 Å². The Labute approximate surface area is 242 Å². The van der Waals surface area contributed by atoms with Gasteiger partial charge in [0, 0.05) is 13.1 Å². The third kappa shape index (κ3) is 4.92. The number of fused-ring (bicyclic) bond motifs is 2. The maximum absolute atomic E-state index is 10.6. The fourth-order valence-electron chi connectivity index (χ4n) is 5.26. The second kappa shape index (κ2) is 11.6. The maximum Gasteiger partial charge on any atom is 0.207 e. The summed E-state index contributed by atoms with van der Waals surface area (Å²) >= 11 is 0. The maximum atomic E-state index is 10.6. The van der Waals surface area contributed by atoms with Gasteiger partial charge in [-0.3, -0.25) is 9.13 Å². The van der Waals surface area contributed by atoms with Crippen molar-refractivity contribution in [1.29, 1.82) is 0 Å². The van der Waals surface area contributed by atoms with Crippen LogP contribution in [0.25, 0.3) is 22.3 Å². The Bertz CT molecular complexity index is 1490. The van der Waals surface area contributed by atoms with Crippen molar-refractivity contribution in [3.05, 3.63) is 12.7 Å². The Balaban J connectivity index is 1.19. The largest absolute Gasteiger partial charge is 0.394 e. The predicted molar refractivity (Wildman–Crippen MR) is 147 cm³/mol. The number of nitrogens with two attached hydrogens (primary N) is 2. The van der Waals surface area contributed by atoms with Gasteiger partial charge in [0.2, 0.25) is 11.9 Å². The zero-order valence-electron chi connectivity index (χ0n) is 22.5. The van der Waals surface area contributed by atoms with Crippen LogP contribution in [0.2, 0.25) is 0 Å². The van der Waals surface area contributed by atoms with Crippen molar-refractivity contribution in [2.75, 3.05) is 48.4 Å². The molecule has 0 aromatic carbocycles. The van der Waals surface area contributed by atoms with Crippen LogP contribution >= 0.6 is 0 Å². The normalized spacial score (nSPS) is 29.2. The molecule has 6 heterocycles. The van der Waals surface area contributed by atoms with Crippen LogP contribution in [0, 0.1) is 0 Å². The zero-order valence-corrected chi connectivity index (χ0v) is 22.5. The van der Waals surface area contributed by atoms with Crippen molar-refractivity contribution >= 4 is 45.9 Å². The minimum Gasteiger partial charge on any atom is -0.394 e. The number of nitrogens with one attached hydrogen (secondary N) is 2. The predicted octanol–water partition coefficient (Wildman–Crippen LogP) is -3.73. The Kier molecular flexibility index (Phi) is 7.83. The standard InChI is InChI=1S/C23H32N12O8/c24-16-10-18(30-6-28-16)34(20-14(40)12(38)8(4-36)42-20)22(32-10)26-2-1-3-27-23-33-11-17(25)29-7-31-19(11)35(23)21-15(41)13(39)9(5-37)43-21/h6-9,12-15,20-21,36-41H,1-5H2,(H,26,32)(H,27,33)(H2,24,28,30)(H2,25,29,31)/t8-,9-,12+,13+,14+,15+,20+,21+/m0/s1. The van der Waals surface area contributed by atoms with Gasteiger partial charge in [0.05, 0.1) is 13.2 Å². The molecule has 2 saturated heterocycles. The van der Waals surface area contributed by atoms with E-state index in [2.05, 4.69) is 40.5 Å². The highest BCUT2D eigenvalue weighted by Crippen LogP contribution is 2.36. The van der Waals surface area contributed by atoms with Crippen LogP contribution in [-0.2, 0) is 9.47 Å². The number of nitrogen functional groups attached to an aromatic ring is 2. The first kappa shape index (κ1) is 29.1. The van der Waals surface area contributed by atoms with Crippen molar-refractivity contribution in [2.45, 2.75) is 55.5 Å². The molecular weight excluding hydrogens is 572 g/mol. The van der Waals surface area contributed by atoms with Gasteiger partial charge < -0.3 is 62.2 Å². The van der Waals surface area contributed by atoms with Crippen molar-refractivity contribution in [1.82, 2.24) is 39.0 Å². The summed E-state index contributed by atoms with van der Waals surface area (Å²) in [6.07, 6.45) is -6.74. The second-order valence-electron chi connectivity index (χ2n) is 10.1. The fourth-order valence-corrected chi connectivity index (χ4v) is 5.26. The summed E-state index contributed by atoms with van der Waals surface area (Å²) in [6.45, 7) is -0.349. The molecule has 4 aromatic rings. The average molecular weight is 605 g/mol. The van der Waals surface area contributed by atoms with Crippen molar-refractivity contribution in [2.24, 2.45) is 0 Å². The highest BCUT2D eigenvalue weighted by atomic mass is 16.6. The molecule has 0 amide bonds. The summed E-state index contributed by atoms with van der Waals surface area (Å²) in [5.74, 6) is 0.676. The van der Waals surface area contributed by atoms with E-state index in [9.17, 15) is 30.6 Å². The smallest absolute Gasteiger partial charge is 0.207 e. The van der Waals surface area contributed by atoms with Gasteiger partial charge >= 0.3 is 0 Å². The van der Waals surface area contributed by atoms with Gasteiger partial charge in [-0.1, -0.05) is 0 Å². The van der Waals surface area contributed by atoms with E-state index in [1.165, 1.54) is 21.8 Å². The van der Waals surface area contributed by atoms with Gasteiger partial charge in [0.15, 0.2) is 46.4 Å². The van der Waals surface area contributed by atoms with E-state index in [0.29, 0.717) is 19.5 Å². The van der Waals surface area contributed by atoms with Gasteiger partial charge in [-0.05, 0) is 6.42 Å². The number of hydrogen-bond acceptors (Lipinski definition) is 18. The Hall–Kier alpha value is -4.02. The topological polar surface area (TPSA) is 303 Å². The Morgan fingerprint density at radius 2 is 1.09 bits per heavy atom. The molecule has 43 heavy (non-hydrogen) atoms. The van der Waals surface area contributed by atoms with E-state index in [1.54, 1.807) is 0 Å². The van der Waals surface area contributed by atoms with Crippen LogP contribution in [0.3, 0.4) is 0 Å². The number of hydrogen-bond donors (Lipinski definition) is 10. The number of nitrogens with zero attached hydrogens (tertiary/aromatic N) is 8. The van der Waals surface area contributed by atoms with Crippen LogP contribution in [-0.4, -0.2) is 133 Å². The number of imidazole rings is 2. The Morgan fingerprint density at radius 3 is 1.47 bits per heavy atom. The average Bonchev–Trinajstić information content (AvgIpc) is 3.71. The molecule has 0 unspecified atom stereocenters. The van der Waals surface area contributed by atoms with Gasteiger partial charge in [0.1, 0.15) is 49.3 Å². The van der Waals surface area contributed by atoms with Crippen molar-refractivity contribution in [3.63, 3.8) is 0 Å². The number of aliphatic hydroxyl groups excluding tert-OH is 6. The summed E-state index contributed by atoms with van der Waals surface area (Å²) in [5, 5.41) is 67.3. The van der Waals surface area contributed by atoms with Crippen molar-refractivity contribution < 1.29 is 40.1 Å². The second-order valence-corrected chi connectivity index (χ2v) is 10.1. The third-order valence-corrected chi connectivity index (χ3v) is 7.47. The summed E-state index contributed by atoms with van der Waals surface area (Å²) in [6, 6.07) is 0. The molecule has 2 aliphatic rings. The van der Waals surface area contributed by atoms with Gasteiger partial charge in [-0.2, -0.15) is 0 Å². The summed E-state index contributed by atoms with van der Waals surface area (Å²) < 4.78 is 14.3. The summed E-state index contributed by atoms with van der Waals surface area (Å²) in [7, 11) is 0. The van der Waals surface area contributed by atoms with Crippen LogP contribution in [0.4, 0.5) is 23.5 Å². The number of aromatic nitrogens is 8. The number of ether oxygens (including phenoxy) is 2. The lowest BCUT2D eigenvalue weighted by molar-refractivity contribution is -0.0501. The quantitative estimate of drug-likeness (QED) is 0.0777. The van der Waals surface area contributed by atoms with E-state index in [1.807, 2.05) is 0 Å². The first-order valence-corrected chi connectivity index (χ1v) is 13.4. The minimum atomic E-state index is -1.38. The zero-order chi connectivity index (χ0) is 30.4. The monoisotopic (exact) mass is 604 g/mol. The number of rotatable bonds is 10. The third-order valence-electron chi connectivity index (χ3n) is 7.47. The van der Waals surface area contributed by atoms with Gasteiger partial charge in [-0.15, -0.1) is 0 Å². The van der Waals surface area contributed by atoms with E-state index >= 15 is 0 Å². The van der Waals surface area contributed by atoms with Crippen LogP contribution in [0.5, 0.6) is 0 Å². The van der Waals surface area contributed by atoms with E-state index < -0.39 is 62.3 Å². The molecule has 4 aromatic heterocycles. The first-order valence-electron chi connectivity index (χ1n) is 13.4. The molecule has 2 fully saturated rings. The molecule has 20 heteroatoms. The molecular formula is C23H32N12O8. The van der Waals surface area contributed by atoms with E-state index in [4.69, 9.17) is 20.9 Å². The molecule has 232 valence electrons. The minimum absolute atomic E-state index is 0.103. The lowest BCUT2D eigenvalue weighted by atomic mass is 10.1. The van der Waals surface area contributed by atoms with Gasteiger partial charge in [-0.25, -0.2) is 29.9 Å². The highest BCUT2D eigenvalue weighted by Gasteiger charge is 2.46. The number of aliphatic hydroxyl groups is 6. The first-order chi connectivity index (χ1) is 20.7. The van der Waals surface area contributed by atoms with Crippen molar-refractivity contribution in [3.8, 4) is 0 Å². The highest BCUT2D eigenvalue weighted by molar-refractivity contribution is 5.84. The van der Waals surface area contributed by atoms with Crippen LogP contribution < -0.4 is 22.1 Å².